The van der Waals surface area contributed by atoms with Gasteiger partial charge in [-0.25, -0.2) is 13.6 Å². The second-order valence-corrected chi connectivity index (χ2v) is 6.06. The molecule has 0 saturated heterocycles. The number of halogens is 1. The fourth-order valence-corrected chi connectivity index (χ4v) is 3.30. The molecular weight excluding hydrogens is 362 g/mol. The number of benzene rings is 1. The van der Waals surface area contributed by atoms with Gasteiger partial charge in [-0.05, 0) is 33.3 Å². The van der Waals surface area contributed by atoms with Crippen LogP contribution in [0.5, 0.6) is 0 Å². The van der Waals surface area contributed by atoms with Crippen LogP contribution < -0.4 is 10.5 Å². The second kappa shape index (κ2) is 6.00. The highest BCUT2D eigenvalue weighted by molar-refractivity contribution is 9.10. The monoisotopic (exact) mass is 369 g/mol. The van der Waals surface area contributed by atoms with Gasteiger partial charge >= 0.3 is 0 Å². The summed E-state index contributed by atoms with van der Waals surface area (Å²) in [7, 11) is -3.94. The summed E-state index contributed by atoms with van der Waals surface area (Å²) < 4.78 is 23.5. The molecule has 0 amide bonds. The number of nitrogens with two attached hydrogens (primary N) is 1. The number of allylic oxidation sites excluding steroid dienone is 1. The smallest absolute Gasteiger partial charge is 0.241 e. The zero-order valence-electron chi connectivity index (χ0n) is 10.3. The Labute approximate surface area is 128 Å². The van der Waals surface area contributed by atoms with Gasteiger partial charge in [0.25, 0.3) is 0 Å². The third kappa shape index (κ3) is 3.43. The van der Waals surface area contributed by atoms with Crippen LogP contribution >= 0.6 is 15.9 Å². The summed E-state index contributed by atoms with van der Waals surface area (Å²) in [4.78, 5) is -0.119. The minimum Gasteiger partial charge on any atom is -0.359 e. The van der Waals surface area contributed by atoms with Crippen LogP contribution in [0.25, 0.3) is 5.57 Å². The molecule has 2 aromatic rings. The van der Waals surface area contributed by atoms with Gasteiger partial charge in [0.15, 0.2) is 0 Å². The molecular formula is C10H8BrN7O2S. The van der Waals surface area contributed by atoms with Crippen molar-refractivity contribution in [2.75, 3.05) is 5.32 Å². The Morgan fingerprint density at radius 2 is 2.29 bits per heavy atom. The molecule has 1 heterocycles. The zero-order chi connectivity index (χ0) is 15.5. The number of hydrogen-bond acceptors (Lipinski definition) is 7. The first-order valence-corrected chi connectivity index (χ1v) is 7.69. The maximum absolute atomic E-state index is 11.6. The first-order chi connectivity index (χ1) is 9.93. The number of H-pyrrole nitrogens is 1. The van der Waals surface area contributed by atoms with E-state index >= 15 is 0 Å². The molecule has 108 valence electrons. The van der Waals surface area contributed by atoms with E-state index in [2.05, 4.69) is 41.9 Å². The van der Waals surface area contributed by atoms with E-state index in [-0.39, 0.29) is 22.0 Å². The van der Waals surface area contributed by atoms with E-state index in [1.807, 2.05) is 6.07 Å². The highest BCUT2D eigenvalue weighted by Crippen LogP contribution is 2.28. The molecule has 21 heavy (non-hydrogen) atoms. The Bertz CT molecular complexity index is 824. The molecule has 9 nitrogen and oxygen atoms in total. The lowest BCUT2D eigenvalue weighted by Gasteiger charge is -2.09. The minimum atomic E-state index is -3.94. The third-order valence-corrected chi connectivity index (χ3v) is 4.26. The van der Waals surface area contributed by atoms with Gasteiger partial charge in [-0.1, -0.05) is 6.07 Å². The van der Waals surface area contributed by atoms with Crippen molar-refractivity contribution in [2.24, 2.45) is 5.14 Å². The van der Waals surface area contributed by atoms with Gasteiger partial charge in [0.2, 0.25) is 15.8 Å². The molecule has 0 unspecified atom stereocenters. The van der Waals surface area contributed by atoms with E-state index in [0.29, 0.717) is 4.47 Å². The highest BCUT2D eigenvalue weighted by atomic mass is 79.9. The number of aromatic nitrogens is 4. The zero-order valence-corrected chi connectivity index (χ0v) is 12.7. The maximum atomic E-state index is 11.6. The second-order valence-electron chi connectivity index (χ2n) is 3.71. The first kappa shape index (κ1) is 15.1. The summed E-state index contributed by atoms with van der Waals surface area (Å²) in [6.07, 6.45) is 1.27. The topological polar surface area (TPSA) is 150 Å². The predicted octanol–water partition coefficient (Wildman–Crippen LogP) is 0.586. The lowest BCUT2D eigenvalue weighted by atomic mass is 10.3. The Morgan fingerprint density at radius 3 is 2.86 bits per heavy atom. The number of hydrogen-bond donors (Lipinski definition) is 3. The number of sulfonamides is 1. The predicted molar refractivity (Wildman–Crippen MR) is 76.9 cm³/mol. The van der Waals surface area contributed by atoms with Crippen LogP contribution in [-0.2, 0) is 10.0 Å². The number of tetrazole rings is 1. The lowest BCUT2D eigenvalue weighted by Crippen LogP contribution is -2.14. The van der Waals surface area contributed by atoms with Gasteiger partial charge in [0.05, 0.1) is 5.69 Å². The van der Waals surface area contributed by atoms with Crippen molar-refractivity contribution in [3.63, 3.8) is 0 Å². The van der Waals surface area contributed by atoms with Crippen molar-refractivity contribution in [1.82, 2.24) is 20.6 Å². The van der Waals surface area contributed by atoms with Crippen LogP contribution in [0.1, 0.15) is 5.82 Å². The summed E-state index contributed by atoms with van der Waals surface area (Å²) in [5, 5.41) is 29.8. The number of rotatable bonds is 4. The van der Waals surface area contributed by atoms with Crippen molar-refractivity contribution in [3.8, 4) is 6.07 Å². The van der Waals surface area contributed by atoms with Crippen LogP contribution in [0.3, 0.4) is 0 Å². The Morgan fingerprint density at radius 1 is 1.52 bits per heavy atom. The standard InChI is InChI=1S/C10H8BrN7O2S/c11-7-2-1-3-8(9(7)21(13,19)20)14-5-6(4-12)10-15-17-18-16-10/h1-3,5,14H,(H2,13,19,20)(H,15,16,17,18). The van der Waals surface area contributed by atoms with Crippen LogP contribution in [0.4, 0.5) is 5.69 Å². The van der Waals surface area contributed by atoms with E-state index in [1.165, 1.54) is 12.3 Å². The molecule has 0 aliphatic heterocycles. The fourth-order valence-electron chi connectivity index (χ4n) is 1.48. The highest BCUT2D eigenvalue weighted by Gasteiger charge is 2.17. The average Bonchev–Trinajstić information content (AvgIpc) is 2.92. The van der Waals surface area contributed by atoms with Gasteiger partial charge in [0.1, 0.15) is 16.5 Å². The molecule has 0 aliphatic carbocycles. The molecule has 2 rings (SSSR count). The van der Waals surface area contributed by atoms with E-state index in [0.717, 1.165) is 0 Å². The average molecular weight is 370 g/mol. The Kier molecular flexibility index (Phi) is 4.32. The van der Waals surface area contributed by atoms with Gasteiger partial charge in [0, 0.05) is 10.7 Å². The van der Waals surface area contributed by atoms with Gasteiger partial charge in [-0.3, -0.25) is 0 Å². The number of nitrogens with one attached hydrogen (secondary N) is 2. The molecule has 0 atom stereocenters. The molecule has 0 bridgehead atoms. The largest absolute Gasteiger partial charge is 0.359 e. The molecule has 0 radical (unpaired) electrons. The fraction of sp³-hybridized carbons (Fsp3) is 0. The summed E-state index contributed by atoms with van der Waals surface area (Å²) >= 11 is 3.12. The molecule has 11 heteroatoms. The van der Waals surface area contributed by atoms with Gasteiger partial charge < -0.3 is 5.32 Å². The Hall–Kier alpha value is -2.29. The maximum Gasteiger partial charge on any atom is 0.241 e. The molecule has 0 spiro atoms. The van der Waals surface area contributed by atoms with E-state index in [4.69, 9.17) is 10.4 Å². The molecule has 0 saturated carbocycles. The van der Waals surface area contributed by atoms with E-state index in [9.17, 15) is 8.42 Å². The number of aromatic amines is 1. The van der Waals surface area contributed by atoms with E-state index < -0.39 is 10.0 Å². The summed E-state index contributed by atoms with van der Waals surface area (Å²) in [5.74, 6) is 0.0807. The molecule has 1 aromatic carbocycles. The van der Waals surface area contributed by atoms with Crippen LogP contribution in [0.2, 0.25) is 0 Å². The molecule has 0 aliphatic rings. The number of anilines is 1. The molecule has 1 aromatic heterocycles. The minimum absolute atomic E-state index is 0.0732. The summed E-state index contributed by atoms with van der Waals surface area (Å²) in [6.45, 7) is 0. The molecule has 4 N–H and O–H groups in total. The van der Waals surface area contributed by atoms with Crippen molar-refractivity contribution < 1.29 is 8.42 Å². The lowest BCUT2D eigenvalue weighted by molar-refractivity contribution is 0.597. The van der Waals surface area contributed by atoms with Crippen LogP contribution in [-0.4, -0.2) is 29.0 Å². The van der Waals surface area contributed by atoms with E-state index in [1.54, 1.807) is 12.1 Å². The van der Waals surface area contributed by atoms with Gasteiger partial charge in [-0.15, -0.1) is 10.2 Å². The van der Waals surface area contributed by atoms with Crippen molar-refractivity contribution >= 4 is 37.2 Å². The molecule has 0 fully saturated rings. The number of primary sulfonamides is 1. The quantitative estimate of drug-likeness (QED) is 0.666. The number of nitrogens with zero attached hydrogens (tertiary/aromatic N) is 4. The first-order valence-electron chi connectivity index (χ1n) is 5.35. The summed E-state index contributed by atoms with van der Waals surface area (Å²) in [6, 6.07) is 6.54. The van der Waals surface area contributed by atoms with Crippen molar-refractivity contribution in [2.45, 2.75) is 4.90 Å². The normalized spacial score (nSPS) is 12.0. The van der Waals surface area contributed by atoms with Crippen molar-refractivity contribution in [1.29, 1.82) is 5.26 Å². The Balaban J connectivity index is 2.42. The summed E-state index contributed by atoms with van der Waals surface area (Å²) in [5.41, 5.74) is 0.284. The SMILES string of the molecule is N#CC(=CNc1cccc(Br)c1S(N)(=O)=O)c1nn[nH]n1. The van der Waals surface area contributed by atoms with Gasteiger partial charge in [-0.2, -0.15) is 10.5 Å². The third-order valence-electron chi connectivity index (χ3n) is 2.33. The van der Waals surface area contributed by atoms with Crippen LogP contribution in [0, 0.1) is 11.3 Å². The van der Waals surface area contributed by atoms with Crippen molar-refractivity contribution in [3.05, 3.63) is 34.7 Å². The number of nitriles is 1. The van der Waals surface area contributed by atoms with Crippen LogP contribution in [0.15, 0.2) is 33.8 Å².